The zero-order valence-electron chi connectivity index (χ0n) is 8.18. The summed E-state index contributed by atoms with van der Waals surface area (Å²) >= 11 is 0. The van der Waals surface area contributed by atoms with Crippen molar-refractivity contribution >= 4 is 5.97 Å². The molecule has 4 nitrogen and oxygen atoms in total. The first kappa shape index (κ1) is 9.24. The van der Waals surface area contributed by atoms with Crippen LogP contribution in [-0.2, 0) is 11.8 Å². The lowest BCUT2D eigenvalue weighted by molar-refractivity contribution is -0.137. The molecule has 1 fully saturated rings. The minimum Gasteiger partial charge on any atom is -0.481 e. The monoisotopic (exact) mass is 194 g/mol. The van der Waals surface area contributed by atoms with Crippen LogP contribution in [0.25, 0.3) is 0 Å². The third-order valence-corrected chi connectivity index (χ3v) is 2.74. The maximum atomic E-state index is 10.7. The molecule has 1 N–H and O–H groups in total. The molecule has 76 valence electrons. The number of carbonyl (C=O) groups is 1. The first-order valence-electron chi connectivity index (χ1n) is 4.87. The lowest BCUT2D eigenvalue weighted by Crippen LogP contribution is -2.07. The van der Waals surface area contributed by atoms with Crippen LogP contribution in [0.4, 0.5) is 0 Å². The van der Waals surface area contributed by atoms with Gasteiger partial charge in [0.1, 0.15) is 0 Å². The van der Waals surface area contributed by atoms with Crippen molar-refractivity contribution in [2.45, 2.75) is 25.2 Å². The van der Waals surface area contributed by atoms with Crippen LogP contribution >= 0.6 is 0 Å². The Labute approximate surface area is 82.5 Å². The van der Waals surface area contributed by atoms with Crippen molar-refractivity contribution in [2.75, 3.05) is 0 Å². The third kappa shape index (κ3) is 1.95. The van der Waals surface area contributed by atoms with Gasteiger partial charge in [0.2, 0.25) is 0 Å². The number of aryl methyl sites for hydroxylation is 1. The van der Waals surface area contributed by atoms with E-state index < -0.39 is 5.97 Å². The lowest BCUT2D eigenvalue weighted by atomic mass is 9.94. The van der Waals surface area contributed by atoms with Gasteiger partial charge in [-0.2, -0.15) is 5.10 Å². The minimum absolute atomic E-state index is 0.168. The largest absolute Gasteiger partial charge is 0.481 e. The summed E-state index contributed by atoms with van der Waals surface area (Å²) in [6, 6.07) is 0. The fraction of sp³-hybridized carbons (Fsp3) is 0.600. The molecule has 14 heavy (non-hydrogen) atoms. The van der Waals surface area contributed by atoms with E-state index >= 15 is 0 Å². The first-order valence-corrected chi connectivity index (χ1v) is 4.87. The van der Waals surface area contributed by atoms with Gasteiger partial charge < -0.3 is 5.11 Å². The number of aliphatic carboxylic acids is 1. The predicted octanol–water partition coefficient (Wildman–Crippen LogP) is 1.39. The molecule has 1 atom stereocenters. The number of hydrogen-bond donors (Lipinski definition) is 1. The molecule has 1 aliphatic carbocycles. The molecule has 1 aliphatic rings. The van der Waals surface area contributed by atoms with Gasteiger partial charge >= 0.3 is 5.97 Å². The van der Waals surface area contributed by atoms with Crippen molar-refractivity contribution < 1.29 is 9.90 Å². The van der Waals surface area contributed by atoms with E-state index in [4.69, 9.17) is 5.11 Å². The molecule has 0 spiro atoms. The van der Waals surface area contributed by atoms with Crippen molar-refractivity contribution in [3.63, 3.8) is 0 Å². The van der Waals surface area contributed by atoms with Gasteiger partial charge in [0.25, 0.3) is 0 Å². The van der Waals surface area contributed by atoms with E-state index in [9.17, 15) is 4.79 Å². The zero-order chi connectivity index (χ0) is 10.1. The van der Waals surface area contributed by atoms with Crippen LogP contribution in [0.2, 0.25) is 0 Å². The summed E-state index contributed by atoms with van der Waals surface area (Å²) in [4.78, 5) is 10.7. The van der Waals surface area contributed by atoms with Crippen molar-refractivity contribution in [3.8, 4) is 0 Å². The molecule has 0 radical (unpaired) electrons. The number of hydrogen-bond acceptors (Lipinski definition) is 2. The highest BCUT2D eigenvalue weighted by Crippen LogP contribution is 2.44. The Hall–Kier alpha value is -1.32. The average Bonchev–Trinajstić information content (AvgIpc) is 2.85. The van der Waals surface area contributed by atoms with E-state index in [1.54, 1.807) is 10.9 Å². The zero-order valence-corrected chi connectivity index (χ0v) is 8.18. The van der Waals surface area contributed by atoms with E-state index in [2.05, 4.69) is 5.10 Å². The summed E-state index contributed by atoms with van der Waals surface area (Å²) in [5.41, 5.74) is 1.07. The second-order valence-electron chi connectivity index (χ2n) is 3.99. The fourth-order valence-electron chi connectivity index (χ4n) is 1.88. The van der Waals surface area contributed by atoms with Crippen molar-refractivity contribution in [2.24, 2.45) is 13.0 Å². The Bertz CT molecular complexity index is 342. The second-order valence-corrected chi connectivity index (χ2v) is 3.99. The summed E-state index contributed by atoms with van der Waals surface area (Å²) in [5, 5.41) is 12.9. The molecule has 1 heterocycles. The number of nitrogens with zero attached hydrogens (tertiary/aromatic N) is 2. The number of aromatic nitrogens is 2. The topological polar surface area (TPSA) is 55.1 Å². The summed E-state index contributed by atoms with van der Waals surface area (Å²) in [7, 11) is 1.86. The lowest BCUT2D eigenvalue weighted by Gasteiger charge is -2.10. The number of carboxylic acids is 1. The minimum atomic E-state index is -0.717. The molecule has 1 aromatic rings. The molecule has 0 aliphatic heterocycles. The van der Waals surface area contributed by atoms with Crippen molar-refractivity contribution in [3.05, 3.63) is 18.0 Å². The van der Waals surface area contributed by atoms with Crippen molar-refractivity contribution in [1.29, 1.82) is 0 Å². The normalized spacial score (nSPS) is 18.1. The van der Waals surface area contributed by atoms with Gasteiger partial charge in [-0.1, -0.05) is 0 Å². The highest BCUT2D eigenvalue weighted by Gasteiger charge is 2.34. The average molecular weight is 194 g/mol. The maximum Gasteiger partial charge on any atom is 0.303 e. The van der Waals surface area contributed by atoms with Crippen molar-refractivity contribution in [1.82, 2.24) is 9.78 Å². The highest BCUT2D eigenvalue weighted by molar-refractivity contribution is 5.68. The van der Waals surface area contributed by atoms with Crippen LogP contribution in [0.1, 0.15) is 30.7 Å². The highest BCUT2D eigenvalue weighted by atomic mass is 16.4. The summed E-state index contributed by atoms with van der Waals surface area (Å²) < 4.78 is 1.73. The Morgan fingerprint density at radius 2 is 2.50 bits per heavy atom. The van der Waals surface area contributed by atoms with E-state index in [1.807, 2.05) is 13.2 Å². The first-order chi connectivity index (χ1) is 6.66. The molecule has 2 rings (SSSR count). The Morgan fingerprint density at radius 1 is 1.79 bits per heavy atom. The molecule has 1 unspecified atom stereocenters. The van der Waals surface area contributed by atoms with Gasteiger partial charge in [0.15, 0.2) is 0 Å². The molecular formula is C10H14N2O2. The van der Waals surface area contributed by atoms with Crippen LogP contribution in [0.5, 0.6) is 0 Å². The summed E-state index contributed by atoms with van der Waals surface area (Å²) in [6.07, 6.45) is 6.26. The standard InChI is InChI=1S/C10H14N2O2/c1-12-6-8(5-11-12)9(4-10(13)14)7-2-3-7/h5-7,9H,2-4H2,1H3,(H,13,14). The van der Waals surface area contributed by atoms with Gasteiger partial charge in [-0.3, -0.25) is 9.48 Å². The van der Waals surface area contributed by atoms with E-state index in [1.165, 1.54) is 0 Å². The Kier molecular flexibility index (Phi) is 2.27. The molecule has 0 aromatic carbocycles. The number of carboxylic acid groups (broad SMARTS) is 1. The number of rotatable bonds is 4. The van der Waals surface area contributed by atoms with Gasteiger partial charge in [0.05, 0.1) is 12.6 Å². The summed E-state index contributed by atoms with van der Waals surface area (Å²) in [6.45, 7) is 0. The maximum absolute atomic E-state index is 10.7. The Balaban J connectivity index is 2.13. The molecule has 0 amide bonds. The smallest absolute Gasteiger partial charge is 0.303 e. The van der Waals surface area contributed by atoms with E-state index in [0.717, 1.165) is 18.4 Å². The summed E-state index contributed by atoms with van der Waals surface area (Å²) in [5.74, 6) is 0.0160. The Morgan fingerprint density at radius 3 is 2.93 bits per heavy atom. The molecule has 1 aromatic heterocycles. The van der Waals surface area contributed by atoms with Crippen LogP contribution < -0.4 is 0 Å². The molecular weight excluding hydrogens is 180 g/mol. The second kappa shape index (κ2) is 3.44. The van der Waals surface area contributed by atoms with Crippen LogP contribution in [-0.4, -0.2) is 20.9 Å². The molecule has 0 saturated heterocycles. The van der Waals surface area contributed by atoms with Gasteiger partial charge in [-0.25, -0.2) is 0 Å². The SMILES string of the molecule is Cn1cc(C(CC(=O)O)C2CC2)cn1. The van der Waals surface area contributed by atoms with Crippen LogP contribution in [0.3, 0.4) is 0 Å². The van der Waals surface area contributed by atoms with Crippen LogP contribution in [0.15, 0.2) is 12.4 Å². The van der Waals surface area contributed by atoms with Gasteiger partial charge in [-0.15, -0.1) is 0 Å². The fourth-order valence-corrected chi connectivity index (χ4v) is 1.88. The molecule has 4 heteroatoms. The van der Waals surface area contributed by atoms with Crippen LogP contribution in [0, 0.1) is 5.92 Å². The van der Waals surface area contributed by atoms with E-state index in [0.29, 0.717) is 5.92 Å². The molecule has 0 bridgehead atoms. The van der Waals surface area contributed by atoms with Gasteiger partial charge in [0, 0.05) is 19.2 Å². The molecule has 1 saturated carbocycles. The third-order valence-electron chi connectivity index (χ3n) is 2.74. The quantitative estimate of drug-likeness (QED) is 0.788. The predicted molar refractivity (Wildman–Crippen MR) is 50.9 cm³/mol. The van der Waals surface area contributed by atoms with E-state index in [-0.39, 0.29) is 12.3 Å². The van der Waals surface area contributed by atoms with Gasteiger partial charge in [-0.05, 0) is 24.3 Å².